The molecule has 0 saturated carbocycles. The Morgan fingerprint density at radius 1 is 0.972 bits per heavy atom. The van der Waals surface area contributed by atoms with Crippen molar-refractivity contribution in [2.75, 3.05) is 38.7 Å². The van der Waals surface area contributed by atoms with E-state index in [1.165, 1.54) is 17.6 Å². The second-order valence-electron chi connectivity index (χ2n) is 9.60. The molecule has 2 bridgehead atoms. The number of nitrogens with one attached hydrogen (secondary N) is 1. The molecular formula is C31H35N3O2. The van der Waals surface area contributed by atoms with E-state index in [0.29, 0.717) is 12.7 Å². The zero-order valence-electron chi connectivity index (χ0n) is 21.2. The molecule has 2 aromatic carbocycles. The van der Waals surface area contributed by atoms with E-state index >= 15 is 0 Å². The van der Waals surface area contributed by atoms with Gasteiger partial charge < -0.3 is 14.8 Å². The fraction of sp³-hybridized carbons (Fsp3) is 0.323. The molecule has 36 heavy (non-hydrogen) atoms. The normalized spacial score (nSPS) is 16.9. The average molecular weight is 482 g/mol. The summed E-state index contributed by atoms with van der Waals surface area (Å²) in [6.45, 7) is 5.82. The van der Waals surface area contributed by atoms with Gasteiger partial charge in [-0.2, -0.15) is 0 Å². The van der Waals surface area contributed by atoms with Gasteiger partial charge in [0.15, 0.2) is 0 Å². The quantitative estimate of drug-likeness (QED) is 0.413. The maximum Gasteiger partial charge on any atom is 0.121 e. The van der Waals surface area contributed by atoms with Gasteiger partial charge in [-0.3, -0.25) is 9.88 Å². The number of ether oxygens (including phenoxy) is 2. The lowest BCUT2D eigenvalue weighted by Gasteiger charge is -2.30. The van der Waals surface area contributed by atoms with Gasteiger partial charge in [0.05, 0.1) is 11.6 Å². The summed E-state index contributed by atoms with van der Waals surface area (Å²) in [5, 5.41) is 4.65. The van der Waals surface area contributed by atoms with Crippen LogP contribution in [0.5, 0.6) is 5.75 Å². The summed E-state index contributed by atoms with van der Waals surface area (Å²) in [5.74, 6) is 0.886. The van der Waals surface area contributed by atoms with Gasteiger partial charge in [0.2, 0.25) is 0 Å². The maximum atomic E-state index is 6.03. The minimum absolute atomic E-state index is 0.419. The molecule has 1 aliphatic heterocycles. The van der Waals surface area contributed by atoms with Crippen molar-refractivity contribution >= 4 is 22.3 Å². The third kappa shape index (κ3) is 6.23. The number of allylic oxidation sites excluding steroid dienone is 6. The Kier molecular flexibility index (Phi) is 7.79. The lowest BCUT2D eigenvalue weighted by molar-refractivity contribution is 0.0375. The van der Waals surface area contributed by atoms with Gasteiger partial charge in [-0.15, -0.1) is 0 Å². The minimum Gasteiger partial charge on any atom is -0.492 e. The zero-order chi connectivity index (χ0) is 24.7. The summed E-state index contributed by atoms with van der Waals surface area (Å²) in [7, 11) is 1.81. The Morgan fingerprint density at radius 2 is 1.75 bits per heavy atom. The van der Waals surface area contributed by atoms with Crippen LogP contribution in [0, 0.1) is 6.92 Å². The molecule has 0 radical (unpaired) electrons. The fourth-order valence-corrected chi connectivity index (χ4v) is 4.90. The highest BCUT2D eigenvalue weighted by Gasteiger charge is 2.18. The van der Waals surface area contributed by atoms with E-state index in [0.717, 1.165) is 66.2 Å². The summed E-state index contributed by atoms with van der Waals surface area (Å²) < 4.78 is 11.5. The molecule has 6 rings (SSSR count). The lowest BCUT2D eigenvalue weighted by Crippen LogP contribution is -2.38. The topological polar surface area (TPSA) is 46.6 Å². The van der Waals surface area contributed by atoms with Crippen molar-refractivity contribution in [3.8, 4) is 5.75 Å². The van der Waals surface area contributed by atoms with Crippen molar-refractivity contribution in [2.45, 2.75) is 32.3 Å². The molecule has 1 N–H and O–H groups in total. The Hall–Kier alpha value is -3.41. The van der Waals surface area contributed by atoms with Crippen LogP contribution in [0.15, 0.2) is 90.0 Å². The molecule has 3 aromatic rings. The fourth-order valence-electron chi connectivity index (χ4n) is 4.90. The molecule has 1 aromatic heterocycles. The largest absolute Gasteiger partial charge is 0.492 e. The van der Waals surface area contributed by atoms with Gasteiger partial charge in [-0.25, -0.2) is 0 Å². The minimum atomic E-state index is 0.419. The van der Waals surface area contributed by atoms with Gasteiger partial charge >= 0.3 is 0 Å². The SMILES string of the molecule is C1=CC2=CC=C1C2.COC1CCN(CCOc2cccc(Nc3cc(C)nc4ccccc34)c2)CC1. The van der Waals surface area contributed by atoms with E-state index in [-0.39, 0.29) is 0 Å². The highest BCUT2D eigenvalue weighted by atomic mass is 16.5. The van der Waals surface area contributed by atoms with Crippen molar-refractivity contribution in [1.82, 2.24) is 9.88 Å². The monoisotopic (exact) mass is 481 g/mol. The summed E-state index contributed by atoms with van der Waals surface area (Å²) in [6, 6.07) is 18.4. The van der Waals surface area contributed by atoms with E-state index in [1.807, 2.05) is 37.3 Å². The molecule has 0 unspecified atom stereocenters. The number of aryl methyl sites for hydroxylation is 1. The molecule has 5 heteroatoms. The molecule has 2 aliphatic carbocycles. The van der Waals surface area contributed by atoms with E-state index in [1.54, 1.807) is 7.11 Å². The molecule has 1 saturated heterocycles. The molecule has 0 spiro atoms. The molecule has 2 heterocycles. The summed E-state index contributed by atoms with van der Waals surface area (Å²) in [5.41, 5.74) is 7.01. The Bertz CT molecular complexity index is 1270. The number of anilines is 2. The first-order valence-electron chi connectivity index (χ1n) is 12.9. The van der Waals surface area contributed by atoms with E-state index < -0.39 is 0 Å². The van der Waals surface area contributed by atoms with Gasteiger partial charge in [0.1, 0.15) is 12.4 Å². The predicted molar refractivity (Wildman–Crippen MR) is 148 cm³/mol. The van der Waals surface area contributed by atoms with Crippen LogP contribution in [0.4, 0.5) is 11.4 Å². The third-order valence-electron chi connectivity index (χ3n) is 6.93. The number of rotatable bonds is 7. The zero-order valence-corrected chi connectivity index (χ0v) is 21.2. The van der Waals surface area contributed by atoms with Crippen LogP contribution < -0.4 is 10.1 Å². The van der Waals surface area contributed by atoms with Crippen LogP contribution in [0.1, 0.15) is 25.0 Å². The molecule has 5 nitrogen and oxygen atoms in total. The van der Waals surface area contributed by atoms with Crippen LogP contribution in [-0.2, 0) is 4.74 Å². The third-order valence-corrected chi connectivity index (χ3v) is 6.93. The highest BCUT2D eigenvalue weighted by molar-refractivity contribution is 5.93. The number of aromatic nitrogens is 1. The second-order valence-corrected chi connectivity index (χ2v) is 9.60. The number of likely N-dealkylation sites (tertiary alicyclic amines) is 1. The smallest absolute Gasteiger partial charge is 0.121 e. The van der Waals surface area contributed by atoms with Crippen molar-refractivity contribution in [3.63, 3.8) is 0 Å². The number of pyridine rings is 1. The Labute approximate surface area is 214 Å². The maximum absolute atomic E-state index is 6.03. The number of hydrogen-bond donors (Lipinski definition) is 1. The van der Waals surface area contributed by atoms with Crippen LogP contribution in [0.2, 0.25) is 0 Å². The predicted octanol–water partition coefficient (Wildman–Crippen LogP) is 6.59. The first-order valence-corrected chi connectivity index (χ1v) is 12.9. The van der Waals surface area contributed by atoms with Gasteiger partial charge in [0.25, 0.3) is 0 Å². The number of piperidine rings is 1. The van der Waals surface area contributed by atoms with Gasteiger partial charge in [-0.1, -0.05) is 48.6 Å². The molecule has 3 aliphatic rings. The molecule has 0 amide bonds. The van der Waals surface area contributed by atoms with E-state index in [9.17, 15) is 0 Å². The van der Waals surface area contributed by atoms with Crippen LogP contribution in [0.3, 0.4) is 0 Å². The summed E-state index contributed by atoms with van der Waals surface area (Å²) in [4.78, 5) is 7.06. The van der Waals surface area contributed by atoms with Crippen LogP contribution in [-0.4, -0.2) is 49.3 Å². The first-order chi connectivity index (χ1) is 17.7. The molecule has 186 valence electrons. The number of benzene rings is 2. The summed E-state index contributed by atoms with van der Waals surface area (Å²) in [6.07, 6.45) is 12.5. The lowest BCUT2D eigenvalue weighted by atomic mass is 10.1. The number of nitrogens with zero attached hydrogens (tertiary/aromatic N) is 2. The highest BCUT2D eigenvalue weighted by Crippen LogP contribution is 2.28. The van der Waals surface area contributed by atoms with Crippen molar-refractivity contribution in [1.29, 1.82) is 0 Å². The number of para-hydroxylation sites is 1. The average Bonchev–Trinajstić information content (AvgIpc) is 3.56. The van der Waals surface area contributed by atoms with Gasteiger partial charge in [0, 0.05) is 55.3 Å². The van der Waals surface area contributed by atoms with Crippen LogP contribution in [0.25, 0.3) is 10.9 Å². The van der Waals surface area contributed by atoms with E-state index in [2.05, 4.69) is 63.8 Å². The molecule has 0 atom stereocenters. The summed E-state index contributed by atoms with van der Waals surface area (Å²) >= 11 is 0. The number of hydrogen-bond acceptors (Lipinski definition) is 5. The first kappa shape index (κ1) is 24.3. The number of methoxy groups -OCH3 is 1. The van der Waals surface area contributed by atoms with Crippen molar-refractivity contribution in [3.05, 3.63) is 95.7 Å². The van der Waals surface area contributed by atoms with Crippen molar-refractivity contribution < 1.29 is 9.47 Å². The van der Waals surface area contributed by atoms with Gasteiger partial charge in [-0.05, 0) is 61.6 Å². The molecular weight excluding hydrogens is 446 g/mol. The van der Waals surface area contributed by atoms with Crippen LogP contribution >= 0.6 is 0 Å². The standard InChI is InChI=1S/C24H29N3O2.C7H6/c1-18-16-24(22-8-3-4-9-23(22)25-18)26-19-6-5-7-21(17-19)29-15-14-27-12-10-20(28-2)11-13-27;1-2-7-4-3-6(1)5-7/h3-9,16-17,20H,10-15H2,1-2H3,(H,25,26);1-4H,5H2. The van der Waals surface area contributed by atoms with E-state index in [4.69, 9.17) is 9.47 Å². The second kappa shape index (κ2) is 11.5. The Morgan fingerprint density at radius 3 is 2.44 bits per heavy atom. The number of fused-ring (bicyclic) bond motifs is 3. The molecule has 1 fully saturated rings. The Balaban J connectivity index is 0.000000323. The van der Waals surface area contributed by atoms with Crippen molar-refractivity contribution in [2.24, 2.45) is 0 Å².